The van der Waals surface area contributed by atoms with Crippen LogP contribution in [0.1, 0.15) is 31.7 Å². The van der Waals surface area contributed by atoms with Crippen molar-refractivity contribution in [1.82, 2.24) is 0 Å². The van der Waals surface area contributed by atoms with Gasteiger partial charge in [-0.2, -0.15) is 0 Å². The third-order valence-electron chi connectivity index (χ3n) is 3.23. The molecule has 0 fully saturated rings. The van der Waals surface area contributed by atoms with Gasteiger partial charge in [0.25, 0.3) is 0 Å². The molecule has 0 saturated heterocycles. The normalized spacial score (nSPS) is 19.2. The quantitative estimate of drug-likeness (QED) is 0.494. The second-order valence-electron chi connectivity index (χ2n) is 4.95. The number of esters is 1. The molecule has 2 rings (SSSR count). The van der Waals surface area contributed by atoms with E-state index in [0.29, 0.717) is 5.75 Å². The molecule has 1 N–H and O–H groups in total. The van der Waals surface area contributed by atoms with Gasteiger partial charge in [-0.1, -0.05) is 11.6 Å². The molecule has 3 nitrogen and oxygen atoms in total. The minimum Gasteiger partial charge on any atom is -0.508 e. The van der Waals surface area contributed by atoms with E-state index in [1.54, 1.807) is 12.1 Å². The van der Waals surface area contributed by atoms with E-state index in [9.17, 15) is 9.90 Å². The molecule has 0 bridgehead atoms. The van der Waals surface area contributed by atoms with Crippen LogP contribution < -0.4 is 4.74 Å². The number of ether oxygens (including phenoxy) is 1. The molecule has 0 aromatic heterocycles. The number of phenols is 1. The van der Waals surface area contributed by atoms with Gasteiger partial charge in [0, 0.05) is 6.07 Å². The highest BCUT2D eigenvalue weighted by atomic mass is 16.5. The summed E-state index contributed by atoms with van der Waals surface area (Å²) in [5.74, 6) is 0.279. The Hall–Kier alpha value is -1.77. The number of aryl methyl sites for hydroxylation is 1. The van der Waals surface area contributed by atoms with E-state index in [2.05, 4.69) is 13.0 Å². The van der Waals surface area contributed by atoms with Gasteiger partial charge in [0.1, 0.15) is 11.5 Å². The molecule has 1 aliphatic carbocycles. The number of carbonyl (C=O) groups excluding carboxylic acids is 1. The Bertz CT molecular complexity index is 468. The molecule has 0 amide bonds. The largest absolute Gasteiger partial charge is 0.508 e. The van der Waals surface area contributed by atoms with Gasteiger partial charge in [-0.05, 0) is 50.8 Å². The summed E-state index contributed by atoms with van der Waals surface area (Å²) in [5.41, 5.74) is 2.21. The van der Waals surface area contributed by atoms with Crippen molar-refractivity contribution in [3.05, 3.63) is 35.4 Å². The van der Waals surface area contributed by atoms with Crippen LogP contribution in [0.4, 0.5) is 0 Å². The zero-order valence-electron chi connectivity index (χ0n) is 10.8. The van der Waals surface area contributed by atoms with Crippen molar-refractivity contribution < 1.29 is 14.6 Å². The first kappa shape index (κ1) is 12.7. The van der Waals surface area contributed by atoms with Gasteiger partial charge in [-0.15, -0.1) is 0 Å². The Balaban J connectivity index is 2.03. The summed E-state index contributed by atoms with van der Waals surface area (Å²) in [6.45, 7) is 3.93. The van der Waals surface area contributed by atoms with Crippen LogP contribution in [0, 0.1) is 12.8 Å². The second-order valence-corrected chi connectivity index (χ2v) is 4.95. The predicted molar refractivity (Wildman–Crippen MR) is 69.6 cm³/mol. The van der Waals surface area contributed by atoms with Crippen LogP contribution in [0.5, 0.6) is 11.5 Å². The number of aromatic hydroxyl groups is 1. The molecule has 1 aromatic rings. The van der Waals surface area contributed by atoms with Crippen molar-refractivity contribution in [3.8, 4) is 11.5 Å². The van der Waals surface area contributed by atoms with E-state index in [0.717, 1.165) is 24.8 Å². The number of hydrogen-bond acceptors (Lipinski definition) is 3. The molecule has 1 aliphatic rings. The third kappa shape index (κ3) is 3.13. The summed E-state index contributed by atoms with van der Waals surface area (Å²) in [6, 6.07) is 4.85. The number of rotatable bonds is 2. The molecule has 0 aliphatic heterocycles. The van der Waals surface area contributed by atoms with Crippen LogP contribution in [0.25, 0.3) is 0 Å². The van der Waals surface area contributed by atoms with Crippen molar-refractivity contribution >= 4 is 5.97 Å². The van der Waals surface area contributed by atoms with Gasteiger partial charge in [0.05, 0.1) is 5.92 Å². The highest BCUT2D eigenvalue weighted by Crippen LogP contribution is 2.26. The Morgan fingerprint density at radius 2 is 2.11 bits per heavy atom. The van der Waals surface area contributed by atoms with E-state index in [1.165, 1.54) is 11.6 Å². The first-order chi connectivity index (χ1) is 8.54. The fraction of sp³-hybridized carbons (Fsp3) is 0.400. The molecule has 0 radical (unpaired) electrons. The minimum absolute atomic E-state index is 0.0589. The molecule has 1 aromatic carbocycles. The second kappa shape index (κ2) is 5.25. The Morgan fingerprint density at radius 3 is 2.72 bits per heavy atom. The molecule has 0 heterocycles. The molecule has 1 unspecified atom stereocenters. The number of allylic oxidation sites excluding steroid dienone is 2. The number of carbonyl (C=O) groups is 1. The Kier molecular flexibility index (Phi) is 3.70. The molecule has 96 valence electrons. The standard InChI is InChI=1S/C15H18O3/c1-10-3-5-12(6-4-10)15(17)18-14-8-11(2)7-13(16)9-14/h3,7-9,12,16H,4-6H2,1-2H3. The van der Waals surface area contributed by atoms with Crippen LogP contribution in [0.2, 0.25) is 0 Å². The maximum Gasteiger partial charge on any atom is 0.314 e. The Labute approximate surface area is 107 Å². The third-order valence-corrected chi connectivity index (χ3v) is 3.23. The van der Waals surface area contributed by atoms with Gasteiger partial charge >= 0.3 is 5.97 Å². The van der Waals surface area contributed by atoms with E-state index in [1.807, 2.05) is 6.92 Å². The number of benzene rings is 1. The van der Waals surface area contributed by atoms with Crippen molar-refractivity contribution in [2.24, 2.45) is 5.92 Å². The molecule has 0 spiro atoms. The summed E-state index contributed by atoms with van der Waals surface area (Å²) < 4.78 is 5.32. The average Bonchev–Trinajstić information content (AvgIpc) is 2.28. The minimum atomic E-state index is -0.205. The van der Waals surface area contributed by atoms with Gasteiger partial charge in [-0.25, -0.2) is 0 Å². The Morgan fingerprint density at radius 1 is 1.33 bits per heavy atom. The lowest BCUT2D eigenvalue weighted by atomic mass is 9.90. The SMILES string of the molecule is CC1=CCC(C(=O)Oc2cc(C)cc(O)c2)CC1. The predicted octanol–water partition coefficient (Wildman–Crippen LogP) is 3.35. The topological polar surface area (TPSA) is 46.5 Å². The van der Waals surface area contributed by atoms with E-state index in [4.69, 9.17) is 4.74 Å². The zero-order chi connectivity index (χ0) is 13.1. The lowest BCUT2D eigenvalue weighted by molar-refractivity contribution is -0.139. The lowest BCUT2D eigenvalue weighted by Crippen LogP contribution is -2.22. The number of phenolic OH excluding ortho intramolecular Hbond substituents is 1. The maximum absolute atomic E-state index is 12.0. The summed E-state index contributed by atoms with van der Waals surface area (Å²) in [4.78, 5) is 12.0. The molecular weight excluding hydrogens is 228 g/mol. The van der Waals surface area contributed by atoms with E-state index >= 15 is 0 Å². The fourth-order valence-corrected chi connectivity index (χ4v) is 2.17. The van der Waals surface area contributed by atoms with Crippen molar-refractivity contribution in [1.29, 1.82) is 0 Å². The van der Waals surface area contributed by atoms with Crippen LogP contribution in [0.3, 0.4) is 0 Å². The van der Waals surface area contributed by atoms with Crippen molar-refractivity contribution in [2.45, 2.75) is 33.1 Å². The molecule has 0 saturated carbocycles. The first-order valence-corrected chi connectivity index (χ1v) is 6.22. The van der Waals surface area contributed by atoms with Crippen molar-refractivity contribution in [3.63, 3.8) is 0 Å². The highest BCUT2D eigenvalue weighted by Gasteiger charge is 2.22. The van der Waals surface area contributed by atoms with Crippen molar-refractivity contribution in [2.75, 3.05) is 0 Å². The fourth-order valence-electron chi connectivity index (χ4n) is 2.17. The summed E-state index contributed by atoms with van der Waals surface area (Å²) in [7, 11) is 0. The van der Waals surface area contributed by atoms with Crippen LogP contribution in [-0.4, -0.2) is 11.1 Å². The molecular formula is C15H18O3. The summed E-state index contributed by atoms with van der Waals surface area (Å²) in [6.07, 6.45) is 4.66. The maximum atomic E-state index is 12.0. The molecule has 1 atom stereocenters. The van der Waals surface area contributed by atoms with E-state index in [-0.39, 0.29) is 17.6 Å². The van der Waals surface area contributed by atoms with Crippen LogP contribution >= 0.6 is 0 Å². The number of hydrogen-bond donors (Lipinski definition) is 1. The van der Waals surface area contributed by atoms with Crippen LogP contribution in [-0.2, 0) is 4.79 Å². The van der Waals surface area contributed by atoms with Gasteiger partial charge in [0.15, 0.2) is 0 Å². The monoisotopic (exact) mass is 246 g/mol. The van der Waals surface area contributed by atoms with Gasteiger partial charge in [0.2, 0.25) is 0 Å². The average molecular weight is 246 g/mol. The molecule has 18 heavy (non-hydrogen) atoms. The zero-order valence-corrected chi connectivity index (χ0v) is 10.8. The lowest BCUT2D eigenvalue weighted by Gasteiger charge is -2.18. The first-order valence-electron chi connectivity index (χ1n) is 6.22. The summed E-state index contributed by atoms with van der Waals surface area (Å²) in [5, 5.41) is 9.45. The van der Waals surface area contributed by atoms with E-state index < -0.39 is 0 Å². The summed E-state index contributed by atoms with van der Waals surface area (Å²) >= 11 is 0. The van der Waals surface area contributed by atoms with Crippen LogP contribution in [0.15, 0.2) is 29.8 Å². The van der Waals surface area contributed by atoms with Gasteiger partial charge in [-0.3, -0.25) is 4.79 Å². The highest BCUT2D eigenvalue weighted by molar-refractivity contribution is 5.75. The van der Waals surface area contributed by atoms with Gasteiger partial charge < -0.3 is 9.84 Å². The smallest absolute Gasteiger partial charge is 0.314 e. The molecule has 3 heteroatoms.